The van der Waals surface area contributed by atoms with Crippen molar-refractivity contribution in [1.29, 1.82) is 0 Å². The zero-order valence-electron chi connectivity index (χ0n) is 12.3. The van der Waals surface area contributed by atoms with Crippen molar-refractivity contribution in [3.05, 3.63) is 35.9 Å². The molecule has 0 aromatic heterocycles. The first-order valence-corrected chi connectivity index (χ1v) is 6.79. The third kappa shape index (κ3) is 3.33. The van der Waals surface area contributed by atoms with Gasteiger partial charge in [0.05, 0.1) is 0 Å². The smallest absolute Gasteiger partial charge is 0.408 e. The molecule has 0 spiro atoms. The van der Waals surface area contributed by atoms with Crippen molar-refractivity contribution >= 4 is 12.0 Å². The van der Waals surface area contributed by atoms with Crippen LogP contribution in [-0.2, 0) is 9.53 Å². The van der Waals surface area contributed by atoms with Crippen LogP contribution < -0.4 is 10.8 Å². The van der Waals surface area contributed by atoms with Crippen LogP contribution in [-0.4, -0.2) is 28.3 Å². The van der Waals surface area contributed by atoms with E-state index in [1.165, 1.54) is 0 Å². The summed E-state index contributed by atoms with van der Waals surface area (Å²) < 4.78 is 5.18. The molecule has 0 saturated heterocycles. The summed E-state index contributed by atoms with van der Waals surface area (Å²) in [7, 11) is 0. The molecule has 1 aliphatic carbocycles. The molecule has 0 radical (unpaired) electrons. The summed E-state index contributed by atoms with van der Waals surface area (Å²) >= 11 is 0. The van der Waals surface area contributed by atoms with Crippen molar-refractivity contribution in [3.63, 3.8) is 0 Å². The van der Waals surface area contributed by atoms with Crippen LogP contribution in [0.4, 0.5) is 4.79 Å². The maximum atomic E-state index is 11.9. The number of benzene rings is 1. The summed E-state index contributed by atoms with van der Waals surface area (Å²) in [6.07, 6.45) is -0.257. The summed E-state index contributed by atoms with van der Waals surface area (Å²) in [6, 6.07) is 9.37. The highest BCUT2D eigenvalue weighted by Gasteiger charge is 2.62. The average Bonchev–Trinajstić information content (AvgIpc) is 3.12. The lowest BCUT2D eigenvalue weighted by Gasteiger charge is -2.23. The molecular formula is C15H20N2O4. The first kappa shape index (κ1) is 15.3. The van der Waals surface area contributed by atoms with Crippen molar-refractivity contribution in [2.45, 2.75) is 44.2 Å². The van der Waals surface area contributed by atoms with E-state index >= 15 is 0 Å². The molecule has 114 valence electrons. The van der Waals surface area contributed by atoms with Gasteiger partial charge in [-0.3, -0.25) is 10.0 Å². The van der Waals surface area contributed by atoms with E-state index in [0.717, 1.165) is 5.56 Å². The van der Waals surface area contributed by atoms with Crippen molar-refractivity contribution in [2.24, 2.45) is 0 Å². The highest BCUT2D eigenvalue weighted by Crippen LogP contribution is 2.51. The topological polar surface area (TPSA) is 87.7 Å². The first-order valence-electron chi connectivity index (χ1n) is 6.79. The first-order chi connectivity index (χ1) is 9.78. The number of hydrogen-bond donors (Lipinski definition) is 3. The van der Waals surface area contributed by atoms with E-state index < -0.39 is 23.1 Å². The molecule has 21 heavy (non-hydrogen) atoms. The van der Waals surface area contributed by atoms with Crippen molar-refractivity contribution in [2.75, 3.05) is 0 Å². The Hall–Kier alpha value is -2.08. The molecule has 3 N–H and O–H groups in total. The van der Waals surface area contributed by atoms with Gasteiger partial charge >= 0.3 is 6.09 Å². The number of alkyl carbamates (subject to hydrolysis) is 1. The minimum atomic E-state index is -1.15. The minimum Gasteiger partial charge on any atom is -0.444 e. The Kier molecular flexibility index (Phi) is 3.91. The second-order valence-electron chi connectivity index (χ2n) is 6.21. The van der Waals surface area contributed by atoms with Gasteiger partial charge in [-0.05, 0) is 32.8 Å². The zero-order valence-corrected chi connectivity index (χ0v) is 12.3. The van der Waals surface area contributed by atoms with Gasteiger partial charge in [0.1, 0.15) is 11.1 Å². The third-order valence-corrected chi connectivity index (χ3v) is 3.39. The number of ether oxygens (including phenoxy) is 1. The summed E-state index contributed by atoms with van der Waals surface area (Å²) in [4.78, 5) is 23.9. The highest BCUT2D eigenvalue weighted by atomic mass is 16.6. The van der Waals surface area contributed by atoms with Crippen LogP contribution >= 0.6 is 0 Å². The molecule has 2 amide bonds. The van der Waals surface area contributed by atoms with E-state index in [4.69, 9.17) is 9.94 Å². The lowest BCUT2D eigenvalue weighted by Crippen LogP contribution is -2.50. The fraction of sp³-hybridized carbons (Fsp3) is 0.467. The normalized spacial score (nSPS) is 24.1. The Morgan fingerprint density at radius 1 is 1.29 bits per heavy atom. The van der Waals surface area contributed by atoms with Crippen LogP contribution in [0.3, 0.4) is 0 Å². The Morgan fingerprint density at radius 3 is 2.43 bits per heavy atom. The predicted octanol–water partition coefficient (Wildman–Crippen LogP) is 1.94. The predicted molar refractivity (Wildman–Crippen MR) is 75.8 cm³/mol. The van der Waals surface area contributed by atoms with Gasteiger partial charge in [0.15, 0.2) is 0 Å². The monoisotopic (exact) mass is 292 g/mol. The number of carbonyl (C=O) groups is 2. The van der Waals surface area contributed by atoms with E-state index in [-0.39, 0.29) is 5.92 Å². The summed E-state index contributed by atoms with van der Waals surface area (Å²) in [5, 5.41) is 11.5. The van der Waals surface area contributed by atoms with Crippen LogP contribution in [0, 0.1) is 0 Å². The molecular weight excluding hydrogens is 272 g/mol. The van der Waals surface area contributed by atoms with Gasteiger partial charge in [-0.25, -0.2) is 10.3 Å². The van der Waals surface area contributed by atoms with Gasteiger partial charge in [-0.1, -0.05) is 30.3 Å². The summed E-state index contributed by atoms with van der Waals surface area (Å²) in [5.41, 5.74) is 0.745. The molecule has 6 nitrogen and oxygen atoms in total. The van der Waals surface area contributed by atoms with Crippen LogP contribution in [0.2, 0.25) is 0 Å². The summed E-state index contributed by atoms with van der Waals surface area (Å²) in [6.45, 7) is 5.23. The van der Waals surface area contributed by atoms with Gasteiger partial charge in [0.2, 0.25) is 0 Å². The maximum absolute atomic E-state index is 11.9. The van der Waals surface area contributed by atoms with Gasteiger partial charge in [0.25, 0.3) is 5.91 Å². The average molecular weight is 292 g/mol. The molecule has 1 aliphatic rings. The SMILES string of the molecule is CC(C)(C)OC(=O)N[C@@]1(C(=O)NO)C[C@@H]1c1ccccc1. The quantitative estimate of drug-likeness (QED) is 0.587. The molecule has 2 atom stereocenters. The van der Waals surface area contributed by atoms with Gasteiger partial charge < -0.3 is 10.1 Å². The fourth-order valence-corrected chi connectivity index (χ4v) is 2.38. The summed E-state index contributed by atoms with van der Waals surface area (Å²) in [5.74, 6) is -0.819. The van der Waals surface area contributed by atoms with E-state index in [2.05, 4.69) is 5.32 Å². The number of carbonyl (C=O) groups excluding carboxylic acids is 2. The lowest BCUT2D eigenvalue weighted by atomic mass is 10.1. The fourth-order valence-electron chi connectivity index (χ4n) is 2.38. The second-order valence-corrected chi connectivity index (χ2v) is 6.21. The minimum absolute atomic E-state index is 0.182. The van der Waals surface area contributed by atoms with Crippen LogP contribution in [0.1, 0.15) is 38.7 Å². The van der Waals surface area contributed by atoms with E-state index in [1.807, 2.05) is 30.3 Å². The molecule has 1 aromatic rings. The zero-order chi connectivity index (χ0) is 15.7. The molecule has 1 fully saturated rings. The molecule has 1 aromatic carbocycles. The van der Waals surface area contributed by atoms with Crippen molar-refractivity contribution in [3.8, 4) is 0 Å². The van der Waals surface area contributed by atoms with Gasteiger partial charge in [-0.2, -0.15) is 0 Å². The molecule has 0 bridgehead atoms. The maximum Gasteiger partial charge on any atom is 0.408 e. The van der Waals surface area contributed by atoms with Crippen molar-refractivity contribution in [1.82, 2.24) is 10.8 Å². The molecule has 6 heteroatoms. The molecule has 0 aliphatic heterocycles. The Bertz CT molecular complexity index is 538. The van der Waals surface area contributed by atoms with E-state index in [1.54, 1.807) is 26.3 Å². The highest BCUT2D eigenvalue weighted by molar-refractivity contribution is 5.94. The Balaban J connectivity index is 2.15. The van der Waals surface area contributed by atoms with Crippen LogP contribution in [0.15, 0.2) is 30.3 Å². The lowest BCUT2D eigenvalue weighted by molar-refractivity contribution is -0.132. The molecule has 1 saturated carbocycles. The number of nitrogens with one attached hydrogen (secondary N) is 2. The van der Waals surface area contributed by atoms with Gasteiger partial charge in [0, 0.05) is 5.92 Å². The Labute approximate surface area is 123 Å². The van der Waals surface area contributed by atoms with E-state index in [0.29, 0.717) is 6.42 Å². The third-order valence-electron chi connectivity index (χ3n) is 3.39. The number of amides is 2. The van der Waals surface area contributed by atoms with Crippen molar-refractivity contribution < 1.29 is 19.5 Å². The van der Waals surface area contributed by atoms with E-state index in [9.17, 15) is 9.59 Å². The van der Waals surface area contributed by atoms with Crippen LogP contribution in [0.25, 0.3) is 0 Å². The second kappa shape index (κ2) is 5.37. The largest absolute Gasteiger partial charge is 0.444 e. The molecule has 2 rings (SSSR count). The molecule has 0 heterocycles. The number of hydroxylamine groups is 1. The van der Waals surface area contributed by atoms with Gasteiger partial charge in [-0.15, -0.1) is 0 Å². The van der Waals surface area contributed by atoms with Crippen LogP contribution in [0.5, 0.6) is 0 Å². The Morgan fingerprint density at radius 2 is 1.90 bits per heavy atom. The number of hydrogen-bond acceptors (Lipinski definition) is 4. The molecule has 0 unspecified atom stereocenters. The standard InChI is InChI=1S/C15H20N2O4/c1-14(2,3)21-13(19)16-15(12(18)17-20)9-11(15)10-7-5-4-6-8-10/h4-8,11,20H,9H2,1-3H3,(H,16,19)(H,17,18)/t11-,15+/m1/s1. The number of rotatable bonds is 3.